The van der Waals surface area contributed by atoms with Gasteiger partial charge in [-0.1, -0.05) is 0 Å². The van der Waals surface area contributed by atoms with Crippen molar-refractivity contribution in [2.24, 2.45) is 10.7 Å². The van der Waals surface area contributed by atoms with E-state index in [9.17, 15) is 4.79 Å². The van der Waals surface area contributed by atoms with Gasteiger partial charge in [0.2, 0.25) is 12.8 Å². The molecule has 7 nitrogen and oxygen atoms in total. The van der Waals surface area contributed by atoms with Crippen LogP contribution in [0, 0.1) is 0 Å². The molecule has 4 rings (SSSR count). The molecule has 0 fully saturated rings. The molecule has 0 radical (unpaired) electrons. The van der Waals surface area contributed by atoms with Crippen molar-refractivity contribution in [3.05, 3.63) is 41.6 Å². The van der Waals surface area contributed by atoms with E-state index in [1.165, 1.54) is 0 Å². The number of ether oxygens (including phenoxy) is 3. The fraction of sp³-hybridized carbons (Fsp3) is 0.200. The molecular formula is C15H13N3O4. The van der Waals surface area contributed by atoms with Gasteiger partial charge in [0.15, 0.2) is 11.5 Å². The zero-order chi connectivity index (χ0) is 15.1. The second-order valence-corrected chi connectivity index (χ2v) is 5.03. The quantitative estimate of drug-likeness (QED) is 0.790. The summed E-state index contributed by atoms with van der Waals surface area (Å²) >= 11 is 0. The number of hydrogen-bond acceptors (Lipinski definition) is 6. The summed E-state index contributed by atoms with van der Waals surface area (Å²) in [5, 5.41) is 2.43. The molecule has 1 unspecified atom stereocenters. The van der Waals surface area contributed by atoms with Crippen molar-refractivity contribution in [3.63, 3.8) is 0 Å². The van der Waals surface area contributed by atoms with E-state index in [2.05, 4.69) is 10.3 Å². The van der Waals surface area contributed by atoms with Gasteiger partial charge in [0.1, 0.15) is 17.6 Å². The summed E-state index contributed by atoms with van der Waals surface area (Å²) in [6.45, 7) is 0.238. The van der Waals surface area contributed by atoms with E-state index in [0.29, 0.717) is 12.2 Å². The Bertz CT molecular complexity index is 751. The number of benzene rings is 1. The van der Waals surface area contributed by atoms with Crippen LogP contribution in [-0.4, -0.2) is 24.8 Å². The number of amides is 1. The van der Waals surface area contributed by atoms with Gasteiger partial charge in [-0.3, -0.25) is 10.1 Å². The zero-order valence-electron chi connectivity index (χ0n) is 11.5. The summed E-state index contributed by atoms with van der Waals surface area (Å²) in [5.74, 6) is 1.98. The molecule has 7 heteroatoms. The normalized spacial score (nSPS) is 24.1. The number of aliphatic imine (C=N–C) groups is 1. The Balaban J connectivity index is 1.51. The van der Waals surface area contributed by atoms with Crippen molar-refractivity contribution in [2.75, 3.05) is 6.79 Å². The van der Waals surface area contributed by atoms with Crippen LogP contribution in [0.2, 0.25) is 0 Å². The lowest BCUT2D eigenvalue weighted by molar-refractivity contribution is -0.115. The fourth-order valence-corrected chi connectivity index (χ4v) is 2.50. The highest BCUT2D eigenvalue weighted by Gasteiger charge is 2.24. The number of nitrogens with two attached hydrogens (primary N) is 1. The molecule has 0 aliphatic carbocycles. The lowest BCUT2D eigenvalue weighted by Crippen LogP contribution is -2.30. The molecule has 112 valence electrons. The van der Waals surface area contributed by atoms with Crippen LogP contribution < -0.4 is 20.5 Å². The van der Waals surface area contributed by atoms with Gasteiger partial charge >= 0.3 is 0 Å². The van der Waals surface area contributed by atoms with Crippen LogP contribution in [0.5, 0.6) is 11.5 Å². The van der Waals surface area contributed by atoms with Crippen molar-refractivity contribution in [1.29, 1.82) is 0 Å². The molecule has 3 aliphatic rings. The Kier molecular flexibility index (Phi) is 2.78. The predicted molar refractivity (Wildman–Crippen MR) is 77.9 cm³/mol. The zero-order valence-corrected chi connectivity index (χ0v) is 11.5. The summed E-state index contributed by atoms with van der Waals surface area (Å²) in [4.78, 5) is 15.5. The third-order valence-corrected chi connectivity index (χ3v) is 3.53. The molecule has 22 heavy (non-hydrogen) atoms. The second kappa shape index (κ2) is 4.80. The average molecular weight is 299 g/mol. The van der Waals surface area contributed by atoms with Crippen LogP contribution in [0.4, 0.5) is 0 Å². The molecule has 0 bridgehead atoms. The number of fused-ring (bicyclic) bond motifs is 1. The van der Waals surface area contributed by atoms with Gasteiger partial charge in [-0.15, -0.1) is 0 Å². The van der Waals surface area contributed by atoms with Crippen molar-refractivity contribution >= 4 is 17.6 Å². The molecule has 3 heterocycles. The van der Waals surface area contributed by atoms with E-state index >= 15 is 0 Å². The maximum atomic E-state index is 11.6. The van der Waals surface area contributed by atoms with Gasteiger partial charge < -0.3 is 19.9 Å². The highest BCUT2D eigenvalue weighted by atomic mass is 16.7. The van der Waals surface area contributed by atoms with Gasteiger partial charge in [0, 0.05) is 12.0 Å². The molecule has 1 atom stereocenters. The minimum absolute atomic E-state index is 0.109. The first-order chi connectivity index (χ1) is 10.7. The highest BCUT2D eigenvalue weighted by molar-refractivity contribution is 6.11. The predicted octanol–water partition coefficient (Wildman–Crippen LogP) is 0.873. The van der Waals surface area contributed by atoms with Crippen LogP contribution in [0.15, 0.2) is 41.0 Å². The molecule has 0 saturated carbocycles. The fourth-order valence-electron chi connectivity index (χ4n) is 2.50. The maximum Gasteiger partial charge on any atom is 0.276 e. The summed E-state index contributed by atoms with van der Waals surface area (Å²) < 4.78 is 16.5. The smallest absolute Gasteiger partial charge is 0.276 e. The van der Waals surface area contributed by atoms with Gasteiger partial charge in [-0.05, 0) is 30.4 Å². The summed E-state index contributed by atoms with van der Waals surface area (Å²) in [5.41, 5.74) is 6.64. The Labute approximate surface area is 126 Å². The number of nitrogens with zero attached hydrogens (tertiary/aromatic N) is 1. The lowest BCUT2D eigenvalue weighted by atomic mass is 10.1. The summed E-state index contributed by atoms with van der Waals surface area (Å²) in [6.07, 6.45) is 4.07. The minimum Gasteiger partial charge on any atom is -0.486 e. The number of rotatable bonds is 2. The van der Waals surface area contributed by atoms with E-state index in [0.717, 1.165) is 17.1 Å². The molecule has 1 aromatic carbocycles. The first kappa shape index (κ1) is 12.8. The monoisotopic (exact) mass is 299 g/mol. The SMILES string of the molecule is NC1=N/C(=C/C2CC=C(c3ccc4c(c3)OCO4)O2)C(=O)N1. The van der Waals surface area contributed by atoms with Gasteiger partial charge in [0.05, 0.1) is 0 Å². The number of carbonyl (C=O) groups excluding carboxylic acids is 1. The van der Waals surface area contributed by atoms with E-state index in [-0.39, 0.29) is 30.5 Å². The van der Waals surface area contributed by atoms with E-state index in [1.54, 1.807) is 6.08 Å². The molecule has 1 amide bonds. The van der Waals surface area contributed by atoms with Gasteiger partial charge in [-0.25, -0.2) is 4.99 Å². The van der Waals surface area contributed by atoms with E-state index < -0.39 is 0 Å². The third-order valence-electron chi connectivity index (χ3n) is 3.53. The Morgan fingerprint density at radius 3 is 3.00 bits per heavy atom. The molecule has 0 spiro atoms. The molecule has 0 aromatic heterocycles. The van der Waals surface area contributed by atoms with Crippen LogP contribution in [0.25, 0.3) is 5.76 Å². The highest BCUT2D eigenvalue weighted by Crippen LogP contribution is 2.36. The number of guanidine groups is 1. The maximum absolute atomic E-state index is 11.6. The third kappa shape index (κ3) is 2.16. The van der Waals surface area contributed by atoms with Crippen LogP contribution in [0.3, 0.4) is 0 Å². The summed E-state index contributed by atoms with van der Waals surface area (Å²) in [6, 6.07) is 5.64. The van der Waals surface area contributed by atoms with Crippen molar-refractivity contribution < 1.29 is 19.0 Å². The second-order valence-electron chi connectivity index (χ2n) is 5.03. The van der Waals surface area contributed by atoms with Crippen molar-refractivity contribution in [2.45, 2.75) is 12.5 Å². The van der Waals surface area contributed by atoms with Gasteiger partial charge in [-0.2, -0.15) is 0 Å². The largest absolute Gasteiger partial charge is 0.486 e. The molecule has 1 aromatic rings. The molecule has 0 saturated heterocycles. The standard InChI is InChI=1S/C15H13N3O4/c16-15-17-10(14(19)18-15)6-9-2-4-11(22-9)8-1-3-12-13(5-8)21-7-20-12/h1,3-6,9H,2,7H2,(H3,16,17,18,19)/b10-6+. The van der Waals surface area contributed by atoms with E-state index in [1.807, 2.05) is 24.3 Å². The average Bonchev–Trinajstić information content (AvgIpc) is 3.19. The molecular weight excluding hydrogens is 286 g/mol. The molecule has 3 aliphatic heterocycles. The Morgan fingerprint density at radius 2 is 2.18 bits per heavy atom. The molecule has 3 N–H and O–H groups in total. The Morgan fingerprint density at radius 1 is 1.32 bits per heavy atom. The first-order valence-electron chi connectivity index (χ1n) is 6.83. The van der Waals surface area contributed by atoms with Gasteiger partial charge in [0.25, 0.3) is 5.91 Å². The van der Waals surface area contributed by atoms with E-state index in [4.69, 9.17) is 19.9 Å². The lowest BCUT2D eigenvalue weighted by Gasteiger charge is -2.10. The number of hydrogen-bond donors (Lipinski definition) is 2. The summed E-state index contributed by atoms with van der Waals surface area (Å²) in [7, 11) is 0. The van der Waals surface area contributed by atoms with Crippen LogP contribution in [0.1, 0.15) is 12.0 Å². The van der Waals surface area contributed by atoms with Crippen LogP contribution in [-0.2, 0) is 9.53 Å². The van der Waals surface area contributed by atoms with Crippen LogP contribution >= 0.6 is 0 Å². The topological polar surface area (TPSA) is 95.2 Å². The number of nitrogens with one attached hydrogen (secondary N) is 1. The number of carbonyl (C=O) groups is 1. The van der Waals surface area contributed by atoms with Crippen molar-refractivity contribution in [1.82, 2.24) is 5.32 Å². The Hall–Kier alpha value is -2.96. The first-order valence-corrected chi connectivity index (χ1v) is 6.83. The minimum atomic E-state index is -0.308. The van der Waals surface area contributed by atoms with Crippen molar-refractivity contribution in [3.8, 4) is 11.5 Å².